The molecule has 0 aromatic heterocycles. The first kappa shape index (κ1) is 25.9. The van der Waals surface area contributed by atoms with Crippen LogP contribution in [0.4, 0.5) is 5.69 Å². The number of benzene rings is 3. The molecule has 0 radical (unpaired) electrons. The van der Waals surface area contributed by atoms with Crippen molar-refractivity contribution < 1.29 is 19.8 Å². The maximum atomic E-state index is 9.55. The zero-order chi connectivity index (χ0) is 26.0. The molecule has 0 unspecified atom stereocenters. The topological polar surface area (TPSA) is 81.1 Å². The molecule has 3 aromatic rings. The second-order valence-corrected chi connectivity index (χ2v) is 9.06. The molecule has 5 rings (SSSR count). The van der Waals surface area contributed by atoms with Gasteiger partial charge >= 0.3 is 11.9 Å². The van der Waals surface area contributed by atoms with Gasteiger partial charge in [0.15, 0.2) is 0 Å². The first-order valence-corrected chi connectivity index (χ1v) is 12.5. The lowest BCUT2D eigenvalue weighted by Crippen LogP contribution is -2.46. The molecular weight excluding hydrogens is 464 g/mol. The largest absolute Gasteiger partial charge is 0.478 e. The number of fused-ring (bicyclic) bond motifs is 1. The number of hydrogen-bond donors (Lipinski definition) is 2. The Bertz CT molecular complexity index is 1240. The average molecular weight is 497 g/mol. The van der Waals surface area contributed by atoms with E-state index in [-0.39, 0.29) is 0 Å². The highest BCUT2D eigenvalue weighted by Crippen LogP contribution is 2.36. The van der Waals surface area contributed by atoms with E-state index in [2.05, 4.69) is 94.7 Å². The smallest absolute Gasteiger partial charge is 0.328 e. The van der Waals surface area contributed by atoms with E-state index in [0.717, 1.165) is 45.6 Å². The molecule has 1 aliphatic carbocycles. The number of carbonyl (C=O) groups is 2. The van der Waals surface area contributed by atoms with Crippen molar-refractivity contribution in [1.29, 1.82) is 0 Å². The van der Waals surface area contributed by atoms with Gasteiger partial charge < -0.3 is 15.1 Å². The molecule has 1 aliphatic heterocycles. The van der Waals surface area contributed by atoms with Gasteiger partial charge in [-0.15, -0.1) is 0 Å². The lowest BCUT2D eigenvalue weighted by molar-refractivity contribution is -0.134. The molecule has 1 saturated heterocycles. The second kappa shape index (κ2) is 12.7. The molecule has 2 aliphatic rings. The lowest BCUT2D eigenvalue weighted by atomic mass is 9.94. The van der Waals surface area contributed by atoms with Crippen LogP contribution in [0.3, 0.4) is 0 Å². The van der Waals surface area contributed by atoms with Crippen LogP contribution in [0.15, 0.2) is 97.1 Å². The van der Waals surface area contributed by atoms with E-state index < -0.39 is 11.9 Å². The van der Waals surface area contributed by atoms with Crippen molar-refractivity contribution in [2.75, 3.05) is 37.6 Å². The van der Waals surface area contributed by atoms with Gasteiger partial charge in [-0.2, -0.15) is 0 Å². The summed E-state index contributed by atoms with van der Waals surface area (Å²) in [7, 11) is 0. The first-order valence-electron chi connectivity index (χ1n) is 12.5. The highest BCUT2D eigenvalue weighted by Gasteiger charge is 2.20. The van der Waals surface area contributed by atoms with Gasteiger partial charge in [0, 0.05) is 50.6 Å². The fourth-order valence-electron chi connectivity index (χ4n) is 4.86. The van der Waals surface area contributed by atoms with Crippen LogP contribution in [0.2, 0.25) is 0 Å². The Morgan fingerprint density at radius 2 is 1.32 bits per heavy atom. The predicted octanol–water partition coefficient (Wildman–Crippen LogP) is 5.22. The number of aliphatic carboxylic acids is 2. The standard InChI is InChI=1S/C27H28N2.C4H4O4/c1-3-8-22(9-4-1)25-12-7-13-26-23(14-15-27(25)26)16-17-28-18-20-29(21-19-28)24-10-5-2-6-11-24;5-3(6)1-2-4(7)8/h1-14H,15-21H2;1-2H,(H,5,6)(H,7,8). The number of anilines is 1. The molecule has 2 N–H and O–H groups in total. The van der Waals surface area contributed by atoms with Gasteiger partial charge in [0.05, 0.1) is 0 Å². The number of para-hydroxylation sites is 1. The van der Waals surface area contributed by atoms with Crippen LogP contribution in [0.25, 0.3) is 16.7 Å². The Morgan fingerprint density at radius 1 is 0.730 bits per heavy atom. The molecular formula is C31H32N2O4. The number of piperazine rings is 1. The SMILES string of the molecule is C1=C(CCN2CCN(c3ccccc3)CC2)c2cccc(-c3ccccc3)c2C1.O=C(O)C=CC(=O)O. The van der Waals surface area contributed by atoms with E-state index in [1.165, 1.54) is 33.5 Å². The molecule has 37 heavy (non-hydrogen) atoms. The fourth-order valence-corrected chi connectivity index (χ4v) is 4.86. The Balaban J connectivity index is 0.000000349. The van der Waals surface area contributed by atoms with Crippen molar-refractivity contribution in [3.05, 3.63) is 108 Å². The lowest BCUT2D eigenvalue weighted by Gasteiger charge is -2.36. The van der Waals surface area contributed by atoms with Gasteiger partial charge in [0.1, 0.15) is 0 Å². The van der Waals surface area contributed by atoms with Gasteiger partial charge in [-0.25, -0.2) is 9.59 Å². The zero-order valence-corrected chi connectivity index (χ0v) is 20.8. The molecule has 6 heteroatoms. The van der Waals surface area contributed by atoms with E-state index in [1.54, 1.807) is 0 Å². The van der Waals surface area contributed by atoms with Gasteiger partial charge in [0.2, 0.25) is 0 Å². The maximum absolute atomic E-state index is 9.55. The average Bonchev–Trinajstić information content (AvgIpc) is 3.36. The third-order valence-electron chi connectivity index (χ3n) is 6.72. The highest BCUT2D eigenvalue weighted by molar-refractivity contribution is 5.89. The molecule has 0 spiro atoms. The summed E-state index contributed by atoms with van der Waals surface area (Å²) in [4.78, 5) is 24.2. The predicted molar refractivity (Wildman–Crippen MR) is 148 cm³/mol. The Morgan fingerprint density at radius 3 is 1.95 bits per heavy atom. The normalized spacial score (nSPS) is 15.0. The number of carboxylic acid groups (broad SMARTS) is 2. The maximum Gasteiger partial charge on any atom is 0.328 e. The van der Waals surface area contributed by atoms with Crippen molar-refractivity contribution in [2.24, 2.45) is 0 Å². The van der Waals surface area contributed by atoms with Crippen molar-refractivity contribution in [1.82, 2.24) is 4.90 Å². The Labute approximate surface area is 217 Å². The molecule has 190 valence electrons. The number of nitrogens with zero attached hydrogens (tertiary/aromatic N) is 2. The van der Waals surface area contributed by atoms with Crippen molar-refractivity contribution in [3.8, 4) is 11.1 Å². The number of carboxylic acids is 2. The molecule has 0 amide bonds. The van der Waals surface area contributed by atoms with Crippen LogP contribution in [0.1, 0.15) is 17.5 Å². The number of hydrogen-bond acceptors (Lipinski definition) is 4. The van der Waals surface area contributed by atoms with Gasteiger partial charge in [0.25, 0.3) is 0 Å². The summed E-state index contributed by atoms with van der Waals surface area (Å²) in [5.41, 5.74) is 8.58. The van der Waals surface area contributed by atoms with Gasteiger partial charge in [-0.1, -0.05) is 72.8 Å². The molecule has 1 heterocycles. The summed E-state index contributed by atoms with van der Waals surface area (Å²) in [5, 5.41) is 15.6. The molecule has 0 bridgehead atoms. The first-order chi connectivity index (χ1) is 18.0. The van der Waals surface area contributed by atoms with Crippen molar-refractivity contribution >= 4 is 23.2 Å². The van der Waals surface area contributed by atoms with E-state index in [1.807, 2.05) is 0 Å². The molecule has 0 atom stereocenters. The number of rotatable bonds is 7. The summed E-state index contributed by atoms with van der Waals surface area (Å²) < 4.78 is 0. The van der Waals surface area contributed by atoms with Crippen LogP contribution in [-0.4, -0.2) is 59.8 Å². The van der Waals surface area contributed by atoms with Gasteiger partial charge in [-0.05, 0) is 52.8 Å². The minimum atomic E-state index is -1.26. The van der Waals surface area contributed by atoms with Crippen LogP contribution in [-0.2, 0) is 16.0 Å². The third kappa shape index (κ3) is 7.18. The number of allylic oxidation sites excluding steroid dienone is 1. The zero-order valence-electron chi connectivity index (χ0n) is 20.8. The van der Waals surface area contributed by atoms with E-state index in [4.69, 9.17) is 10.2 Å². The van der Waals surface area contributed by atoms with Crippen molar-refractivity contribution in [3.63, 3.8) is 0 Å². The van der Waals surface area contributed by atoms with Crippen LogP contribution in [0, 0.1) is 0 Å². The fraction of sp³-hybridized carbons (Fsp3) is 0.226. The summed E-state index contributed by atoms with van der Waals surface area (Å²) in [5.74, 6) is -2.51. The minimum Gasteiger partial charge on any atom is -0.478 e. The molecule has 0 saturated carbocycles. The van der Waals surface area contributed by atoms with E-state index >= 15 is 0 Å². The summed E-state index contributed by atoms with van der Waals surface area (Å²) >= 11 is 0. The summed E-state index contributed by atoms with van der Waals surface area (Å²) in [6.45, 7) is 5.71. The quantitative estimate of drug-likeness (QED) is 0.437. The minimum absolute atomic E-state index is 0.558. The Kier molecular flexibility index (Phi) is 8.89. The highest BCUT2D eigenvalue weighted by atomic mass is 16.4. The van der Waals surface area contributed by atoms with E-state index in [0.29, 0.717) is 12.2 Å². The monoisotopic (exact) mass is 496 g/mol. The molecule has 6 nitrogen and oxygen atoms in total. The summed E-state index contributed by atoms with van der Waals surface area (Å²) in [6.07, 6.45) is 5.79. The van der Waals surface area contributed by atoms with Crippen LogP contribution in [0.5, 0.6) is 0 Å². The van der Waals surface area contributed by atoms with Crippen LogP contribution < -0.4 is 4.90 Å². The van der Waals surface area contributed by atoms with Gasteiger partial charge in [-0.3, -0.25) is 4.90 Å². The Hall–Kier alpha value is -4.16. The van der Waals surface area contributed by atoms with Crippen molar-refractivity contribution in [2.45, 2.75) is 12.8 Å². The van der Waals surface area contributed by atoms with E-state index in [9.17, 15) is 9.59 Å². The summed E-state index contributed by atoms with van der Waals surface area (Å²) in [6, 6.07) is 28.4. The third-order valence-corrected chi connectivity index (χ3v) is 6.72. The molecule has 1 fully saturated rings. The van der Waals surface area contributed by atoms with Crippen LogP contribution >= 0.6 is 0 Å². The molecule has 3 aromatic carbocycles. The second-order valence-electron chi connectivity index (χ2n) is 9.06.